The maximum atomic E-state index is 12.5. The van der Waals surface area contributed by atoms with E-state index in [1.165, 1.54) is 89.9 Å². The van der Waals surface area contributed by atoms with E-state index in [0.717, 1.165) is 37.7 Å². The molecular weight excluding hydrogens is 460 g/mol. The second-order valence-electron chi connectivity index (χ2n) is 10.7. The van der Waals surface area contributed by atoms with Gasteiger partial charge in [-0.1, -0.05) is 147 Å². The SMILES string of the molecule is CCCCCCCCCCCC(=O)O[C@H](CCCCCCCCCCC)CC(=O)OCc1ccccc1. The molecule has 0 saturated heterocycles. The molecule has 0 bridgehead atoms. The second-order valence-corrected chi connectivity index (χ2v) is 10.7. The average Bonchev–Trinajstić information content (AvgIpc) is 2.90. The van der Waals surface area contributed by atoms with Crippen molar-refractivity contribution in [3.05, 3.63) is 35.9 Å². The number of ether oxygens (including phenoxy) is 2. The van der Waals surface area contributed by atoms with Crippen LogP contribution in [0.15, 0.2) is 30.3 Å². The fourth-order valence-electron chi connectivity index (χ4n) is 4.69. The largest absolute Gasteiger partial charge is 0.462 e. The van der Waals surface area contributed by atoms with Crippen LogP contribution >= 0.6 is 0 Å². The van der Waals surface area contributed by atoms with Gasteiger partial charge in [0.05, 0.1) is 6.42 Å². The van der Waals surface area contributed by atoms with Crippen molar-refractivity contribution in [2.45, 2.75) is 161 Å². The number of rotatable bonds is 25. The van der Waals surface area contributed by atoms with Crippen molar-refractivity contribution in [3.63, 3.8) is 0 Å². The Morgan fingerprint density at radius 1 is 0.622 bits per heavy atom. The van der Waals surface area contributed by atoms with E-state index in [1.54, 1.807) is 0 Å². The van der Waals surface area contributed by atoms with Crippen LogP contribution in [-0.2, 0) is 25.7 Å². The Balaban J connectivity index is 2.31. The summed E-state index contributed by atoms with van der Waals surface area (Å²) in [5, 5.41) is 0. The summed E-state index contributed by atoms with van der Waals surface area (Å²) >= 11 is 0. The minimum atomic E-state index is -0.376. The summed E-state index contributed by atoms with van der Waals surface area (Å²) in [5.74, 6) is -0.458. The number of carbonyl (C=O) groups excluding carboxylic acids is 2. The van der Waals surface area contributed by atoms with Crippen LogP contribution in [-0.4, -0.2) is 18.0 Å². The summed E-state index contributed by atoms with van der Waals surface area (Å²) in [6.45, 7) is 4.75. The monoisotopic (exact) mass is 516 g/mol. The Labute approximate surface area is 228 Å². The Bertz CT molecular complexity index is 658. The molecule has 0 fully saturated rings. The first-order valence-electron chi connectivity index (χ1n) is 15.5. The van der Waals surface area contributed by atoms with Crippen LogP contribution in [0.25, 0.3) is 0 Å². The fourth-order valence-corrected chi connectivity index (χ4v) is 4.69. The Morgan fingerprint density at radius 3 is 1.65 bits per heavy atom. The number of carbonyl (C=O) groups is 2. The molecule has 1 rings (SSSR count). The summed E-state index contributed by atoms with van der Waals surface area (Å²) in [5.41, 5.74) is 0.966. The zero-order valence-corrected chi connectivity index (χ0v) is 24.2. The van der Waals surface area contributed by atoms with Crippen molar-refractivity contribution < 1.29 is 19.1 Å². The quantitative estimate of drug-likeness (QED) is 0.0958. The molecule has 1 aromatic rings. The van der Waals surface area contributed by atoms with Crippen LogP contribution in [0.3, 0.4) is 0 Å². The molecular formula is C33H56O4. The van der Waals surface area contributed by atoms with Gasteiger partial charge in [-0.25, -0.2) is 0 Å². The molecule has 37 heavy (non-hydrogen) atoms. The van der Waals surface area contributed by atoms with Crippen LogP contribution in [0.1, 0.15) is 154 Å². The van der Waals surface area contributed by atoms with Crippen molar-refractivity contribution in [2.75, 3.05) is 0 Å². The molecule has 0 aliphatic rings. The predicted octanol–water partition coefficient (Wildman–Crippen LogP) is 9.87. The van der Waals surface area contributed by atoms with Gasteiger partial charge >= 0.3 is 11.9 Å². The number of hydrogen-bond acceptors (Lipinski definition) is 4. The summed E-state index contributed by atoms with van der Waals surface area (Å²) in [6.07, 6.45) is 23.1. The van der Waals surface area contributed by atoms with Gasteiger partial charge < -0.3 is 9.47 Å². The molecule has 0 saturated carbocycles. The topological polar surface area (TPSA) is 52.6 Å². The van der Waals surface area contributed by atoms with Gasteiger partial charge in [0, 0.05) is 6.42 Å². The first kappa shape index (κ1) is 33.2. The fraction of sp³-hybridized carbons (Fsp3) is 0.758. The maximum absolute atomic E-state index is 12.5. The van der Waals surface area contributed by atoms with Gasteiger partial charge in [-0.2, -0.15) is 0 Å². The zero-order chi connectivity index (χ0) is 26.8. The molecule has 0 unspecified atom stereocenters. The highest BCUT2D eigenvalue weighted by atomic mass is 16.6. The molecule has 0 aliphatic heterocycles. The zero-order valence-electron chi connectivity index (χ0n) is 24.2. The highest BCUT2D eigenvalue weighted by Gasteiger charge is 2.19. The number of unbranched alkanes of at least 4 members (excludes halogenated alkanes) is 16. The van der Waals surface area contributed by atoms with Crippen molar-refractivity contribution in [1.82, 2.24) is 0 Å². The van der Waals surface area contributed by atoms with Crippen molar-refractivity contribution in [1.29, 1.82) is 0 Å². The smallest absolute Gasteiger partial charge is 0.309 e. The molecule has 0 aliphatic carbocycles. The lowest BCUT2D eigenvalue weighted by Crippen LogP contribution is -2.23. The minimum absolute atomic E-state index is 0.146. The molecule has 4 heteroatoms. The van der Waals surface area contributed by atoms with Crippen LogP contribution in [0.2, 0.25) is 0 Å². The number of benzene rings is 1. The third kappa shape index (κ3) is 20.9. The van der Waals surface area contributed by atoms with E-state index >= 15 is 0 Å². The first-order chi connectivity index (χ1) is 18.2. The summed E-state index contributed by atoms with van der Waals surface area (Å²) in [4.78, 5) is 25.0. The van der Waals surface area contributed by atoms with E-state index in [0.29, 0.717) is 6.42 Å². The van der Waals surface area contributed by atoms with Crippen LogP contribution < -0.4 is 0 Å². The van der Waals surface area contributed by atoms with Crippen molar-refractivity contribution in [2.24, 2.45) is 0 Å². The molecule has 212 valence electrons. The van der Waals surface area contributed by atoms with Crippen LogP contribution in [0.5, 0.6) is 0 Å². The predicted molar refractivity (Wildman–Crippen MR) is 154 cm³/mol. The van der Waals surface area contributed by atoms with Gasteiger partial charge in [0.1, 0.15) is 12.7 Å². The second kappa shape index (κ2) is 24.5. The average molecular weight is 517 g/mol. The van der Waals surface area contributed by atoms with Gasteiger partial charge in [0.2, 0.25) is 0 Å². The summed E-state index contributed by atoms with van der Waals surface area (Å²) < 4.78 is 11.2. The van der Waals surface area contributed by atoms with E-state index in [1.807, 2.05) is 30.3 Å². The summed E-state index contributed by atoms with van der Waals surface area (Å²) in [6, 6.07) is 9.70. The van der Waals surface area contributed by atoms with E-state index in [2.05, 4.69) is 13.8 Å². The molecule has 0 heterocycles. The first-order valence-corrected chi connectivity index (χ1v) is 15.5. The molecule has 1 atom stereocenters. The van der Waals surface area contributed by atoms with E-state index in [9.17, 15) is 9.59 Å². The molecule has 0 N–H and O–H groups in total. The Hall–Kier alpha value is -1.84. The standard InChI is InChI=1S/C33H56O4/c1-3-5-7-9-11-13-15-17-22-26-31(28-33(35)36-29-30-24-20-19-21-25-30)37-32(34)27-23-18-16-14-12-10-8-6-4-2/h19-21,24-25,31H,3-18,22-23,26-29H2,1-2H3/t31-/m1/s1. The third-order valence-electron chi connectivity index (χ3n) is 7.05. The number of esters is 2. The van der Waals surface area contributed by atoms with E-state index in [4.69, 9.17) is 9.47 Å². The highest BCUT2D eigenvalue weighted by molar-refractivity contribution is 5.72. The van der Waals surface area contributed by atoms with E-state index in [-0.39, 0.29) is 31.1 Å². The molecule has 0 amide bonds. The Morgan fingerprint density at radius 2 is 1.11 bits per heavy atom. The maximum Gasteiger partial charge on any atom is 0.309 e. The van der Waals surface area contributed by atoms with Gasteiger partial charge in [-0.05, 0) is 24.8 Å². The lowest BCUT2D eigenvalue weighted by molar-refractivity contribution is -0.156. The minimum Gasteiger partial charge on any atom is -0.462 e. The molecule has 4 nitrogen and oxygen atoms in total. The normalized spacial score (nSPS) is 11.8. The number of hydrogen-bond donors (Lipinski definition) is 0. The van der Waals surface area contributed by atoms with E-state index < -0.39 is 0 Å². The molecule has 0 radical (unpaired) electrons. The summed E-state index contributed by atoms with van der Waals surface area (Å²) in [7, 11) is 0. The molecule has 1 aromatic carbocycles. The molecule has 0 spiro atoms. The van der Waals surface area contributed by atoms with Crippen LogP contribution in [0, 0.1) is 0 Å². The van der Waals surface area contributed by atoms with Gasteiger partial charge in [-0.15, -0.1) is 0 Å². The van der Waals surface area contributed by atoms with Gasteiger partial charge in [0.25, 0.3) is 0 Å². The Kier molecular flexibility index (Phi) is 22.0. The van der Waals surface area contributed by atoms with Crippen molar-refractivity contribution in [3.8, 4) is 0 Å². The lowest BCUT2D eigenvalue weighted by atomic mass is 10.0. The third-order valence-corrected chi connectivity index (χ3v) is 7.05. The molecule has 0 aromatic heterocycles. The lowest BCUT2D eigenvalue weighted by Gasteiger charge is -2.17. The highest BCUT2D eigenvalue weighted by Crippen LogP contribution is 2.17. The van der Waals surface area contributed by atoms with Crippen LogP contribution in [0.4, 0.5) is 0 Å². The van der Waals surface area contributed by atoms with Gasteiger partial charge in [0.15, 0.2) is 0 Å². The van der Waals surface area contributed by atoms with Gasteiger partial charge in [-0.3, -0.25) is 9.59 Å². The van der Waals surface area contributed by atoms with Crippen molar-refractivity contribution >= 4 is 11.9 Å².